The van der Waals surface area contributed by atoms with E-state index in [1.54, 1.807) is 32.8 Å². The number of hydrogen-bond acceptors (Lipinski definition) is 6. The lowest BCUT2D eigenvalue weighted by molar-refractivity contribution is -0.127. The number of amides is 1. The molecule has 1 saturated heterocycles. The highest BCUT2D eigenvalue weighted by Gasteiger charge is 2.28. The molecule has 1 N–H and O–H groups in total. The molecule has 1 atom stereocenters. The number of piperidine rings is 1. The van der Waals surface area contributed by atoms with Gasteiger partial charge in [0.25, 0.3) is 0 Å². The molecule has 1 aliphatic heterocycles. The predicted molar refractivity (Wildman–Crippen MR) is 126 cm³/mol. The molecular formula is C26H30N4O3. The Bertz CT molecular complexity index is 1030. The molecule has 4 rings (SSSR count). The van der Waals surface area contributed by atoms with Crippen LogP contribution < -0.4 is 14.8 Å². The predicted octanol–water partition coefficient (Wildman–Crippen LogP) is 3.61. The van der Waals surface area contributed by atoms with Crippen LogP contribution in [0.3, 0.4) is 0 Å². The average molecular weight is 447 g/mol. The van der Waals surface area contributed by atoms with Crippen molar-refractivity contribution in [2.24, 2.45) is 5.92 Å². The normalized spacial score (nSPS) is 15.6. The molecule has 1 amide bonds. The summed E-state index contributed by atoms with van der Waals surface area (Å²) in [5, 5.41) is 3.22. The Kier molecular flexibility index (Phi) is 7.52. The van der Waals surface area contributed by atoms with E-state index in [9.17, 15) is 4.79 Å². The van der Waals surface area contributed by atoms with Crippen molar-refractivity contribution in [3.63, 3.8) is 0 Å². The fourth-order valence-corrected chi connectivity index (χ4v) is 4.23. The molecule has 0 aliphatic carbocycles. The van der Waals surface area contributed by atoms with Gasteiger partial charge in [0.2, 0.25) is 5.91 Å². The van der Waals surface area contributed by atoms with E-state index in [-0.39, 0.29) is 17.9 Å². The molecule has 1 aliphatic rings. The summed E-state index contributed by atoms with van der Waals surface area (Å²) < 4.78 is 10.6. The summed E-state index contributed by atoms with van der Waals surface area (Å²) in [4.78, 5) is 24.2. The molecule has 1 unspecified atom stereocenters. The quantitative estimate of drug-likeness (QED) is 0.570. The topological polar surface area (TPSA) is 76.6 Å². The third kappa shape index (κ3) is 5.87. The van der Waals surface area contributed by atoms with Crippen molar-refractivity contribution < 1.29 is 14.3 Å². The summed E-state index contributed by atoms with van der Waals surface area (Å²) in [5.74, 6) is 1.67. The summed E-state index contributed by atoms with van der Waals surface area (Å²) >= 11 is 0. The lowest BCUT2D eigenvalue weighted by atomic mass is 9.94. The van der Waals surface area contributed by atoms with Crippen molar-refractivity contribution in [2.45, 2.75) is 25.4 Å². The number of ether oxygens (including phenoxy) is 2. The van der Waals surface area contributed by atoms with Gasteiger partial charge in [0.15, 0.2) is 0 Å². The highest BCUT2D eigenvalue weighted by atomic mass is 16.5. The minimum Gasteiger partial charge on any atom is -0.497 e. The van der Waals surface area contributed by atoms with Crippen molar-refractivity contribution in [2.75, 3.05) is 27.3 Å². The number of rotatable bonds is 8. The van der Waals surface area contributed by atoms with E-state index in [0.29, 0.717) is 5.69 Å². The van der Waals surface area contributed by atoms with Crippen LogP contribution in [0.15, 0.2) is 67.1 Å². The molecule has 0 bridgehead atoms. The number of likely N-dealkylation sites (tertiary alicyclic amines) is 1. The Labute approximate surface area is 194 Å². The van der Waals surface area contributed by atoms with Crippen LogP contribution in [0.5, 0.6) is 11.5 Å². The van der Waals surface area contributed by atoms with Crippen LogP contribution in [0.4, 0.5) is 0 Å². The molecule has 2 heterocycles. The van der Waals surface area contributed by atoms with Gasteiger partial charge in [-0.15, -0.1) is 0 Å². The molecule has 1 fully saturated rings. The van der Waals surface area contributed by atoms with Crippen LogP contribution in [0.1, 0.15) is 35.7 Å². The van der Waals surface area contributed by atoms with E-state index >= 15 is 0 Å². The number of carbonyl (C=O) groups excluding carboxylic acids is 1. The van der Waals surface area contributed by atoms with Crippen LogP contribution >= 0.6 is 0 Å². The van der Waals surface area contributed by atoms with E-state index in [0.717, 1.165) is 49.5 Å². The first-order chi connectivity index (χ1) is 16.2. The average Bonchev–Trinajstić information content (AvgIpc) is 2.88. The molecular weight excluding hydrogens is 416 g/mol. The smallest absolute Gasteiger partial charge is 0.224 e. The molecule has 2 aromatic carbocycles. The lowest BCUT2D eigenvalue weighted by Crippen LogP contribution is -2.41. The third-order valence-corrected chi connectivity index (χ3v) is 6.11. The standard InChI is InChI=1S/C26H30N4O3/c1-32-22-8-6-20(7-9-22)25(24-17-27-12-13-28-24)29-26(31)21-10-14-30(15-11-21)18-19-4-3-5-23(16-19)33-2/h3-9,12-13,16-17,21,25H,10-11,14-15,18H2,1-2H3,(H,29,31). The van der Waals surface area contributed by atoms with Crippen molar-refractivity contribution in [3.05, 3.63) is 83.9 Å². The molecule has 3 aromatic rings. The monoisotopic (exact) mass is 446 g/mol. The van der Waals surface area contributed by atoms with Gasteiger partial charge in [-0.3, -0.25) is 19.7 Å². The van der Waals surface area contributed by atoms with Gasteiger partial charge in [-0.25, -0.2) is 0 Å². The largest absolute Gasteiger partial charge is 0.497 e. The van der Waals surface area contributed by atoms with E-state index in [1.165, 1.54) is 5.56 Å². The molecule has 0 saturated carbocycles. The second kappa shape index (κ2) is 10.9. The summed E-state index contributed by atoms with van der Waals surface area (Å²) in [5.41, 5.74) is 2.88. The zero-order chi connectivity index (χ0) is 23.0. The fraction of sp³-hybridized carbons (Fsp3) is 0.346. The van der Waals surface area contributed by atoms with Crippen molar-refractivity contribution in [1.82, 2.24) is 20.2 Å². The van der Waals surface area contributed by atoms with Crippen LogP contribution in [0.2, 0.25) is 0 Å². The Morgan fingerprint density at radius 3 is 2.48 bits per heavy atom. The van der Waals surface area contributed by atoms with Gasteiger partial charge in [0.05, 0.1) is 32.2 Å². The van der Waals surface area contributed by atoms with Gasteiger partial charge < -0.3 is 14.8 Å². The third-order valence-electron chi connectivity index (χ3n) is 6.11. The number of nitrogens with one attached hydrogen (secondary N) is 1. The summed E-state index contributed by atoms with van der Waals surface area (Å²) in [6.45, 7) is 2.63. The minimum absolute atomic E-state index is 0.0241. The second-order valence-electron chi connectivity index (χ2n) is 8.25. The lowest BCUT2D eigenvalue weighted by Gasteiger charge is -2.32. The van der Waals surface area contributed by atoms with Crippen molar-refractivity contribution in [3.8, 4) is 11.5 Å². The van der Waals surface area contributed by atoms with Crippen LogP contribution in [-0.4, -0.2) is 48.1 Å². The van der Waals surface area contributed by atoms with E-state index in [2.05, 4.69) is 32.3 Å². The Morgan fingerprint density at radius 2 is 1.82 bits per heavy atom. The van der Waals surface area contributed by atoms with Gasteiger partial charge in [-0.05, 0) is 61.3 Å². The number of benzene rings is 2. The van der Waals surface area contributed by atoms with Gasteiger partial charge in [0, 0.05) is 24.9 Å². The first kappa shape index (κ1) is 22.7. The van der Waals surface area contributed by atoms with Crippen LogP contribution in [0, 0.1) is 5.92 Å². The number of methoxy groups -OCH3 is 2. The Hall–Kier alpha value is -3.45. The van der Waals surface area contributed by atoms with Crippen molar-refractivity contribution >= 4 is 5.91 Å². The van der Waals surface area contributed by atoms with Gasteiger partial charge in [-0.1, -0.05) is 24.3 Å². The molecule has 33 heavy (non-hydrogen) atoms. The van der Waals surface area contributed by atoms with Crippen LogP contribution in [0.25, 0.3) is 0 Å². The van der Waals surface area contributed by atoms with E-state index < -0.39 is 0 Å². The van der Waals surface area contributed by atoms with Crippen LogP contribution in [-0.2, 0) is 11.3 Å². The number of aromatic nitrogens is 2. The number of carbonyl (C=O) groups is 1. The van der Waals surface area contributed by atoms with Crippen molar-refractivity contribution in [1.29, 1.82) is 0 Å². The van der Waals surface area contributed by atoms with E-state index in [1.807, 2.05) is 36.4 Å². The molecule has 0 spiro atoms. The maximum Gasteiger partial charge on any atom is 0.224 e. The van der Waals surface area contributed by atoms with E-state index in [4.69, 9.17) is 9.47 Å². The first-order valence-corrected chi connectivity index (χ1v) is 11.2. The molecule has 0 radical (unpaired) electrons. The number of nitrogens with zero attached hydrogens (tertiary/aromatic N) is 3. The SMILES string of the molecule is COc1ccc(C(NC(=O)C2CCN(Cc3cccc(OC)c3)CC2)c2cnccn2)cc1. The highest BCUT2D eigenvalue weighted by molar-refractivity contribution is 5.79. The minimum atomic E-state index is -0.355. The first-order valence-electron chi connectivity index (χ1n) is 11.2. The zero-order valence-electron chi connectivity index (χ0n) is 19.1. The molecule has 172 valence electrons. The summed E-state index contributed by atoms with van der Waals surface area (Å²) in [7, 11) is 3.32. The Balaban J connectivity index is 1.39. The summed E-state index contributed by atoms with van der Waals surface area (Å²) in [6, 6.07) is 15.5. The zero-order valence-corrected chi connectivity index (χ0v) is 19.1. The maximum absolute atomic E-state index is 13.2. The fourth-order valence-electron chi connectivity index (χ4n) is 4.23. The second-order valence-corrected chi connectivity index (χ2v) is 8.25. The number of hydrogen-bond donors (Lipinski definition) is 1. The van der Waals surface area contributed by atoms with Gasteiger partial charge in [0.1, 0.15) is 11.5 Å². The van der Waals surface area contributed by atoms with Gasteiger partial charge in [-0.2, -0.15) is 0 Å². The summed E-state index contributed by atoms with van der Waals surface area (Å²) in [6.07, 6.45) is 6.63. The molecule has 7 nitrogen and oxygen atoms in total. The Morgan fingerprint density at radius 1 is 1.06 bits per heavy atom. The highest BCUT2D eigenvalue weighted by Crippen LogP contribution is 2.25. The molecule has 7 heteroatoms. The molecule has 1 aromatic heterocycles. The van der Waals surface area contributed by atoms with Gasteiger partial charge >= 0.3 is 0 Å². The maximum atomic E-state index is 13.2.